The van der Waals surface area contributed by atoms with Gasteiger partial charge in [0.25, 0.3) is 5.91 Å². The molecule has 2 aromatic carbocycles. The van der Waals surface area contributed by atoms with Gasteiger partial charge in [0.1, 0.15) is 5.75 Å². The predicted molar refractivity (Wildman–Crippen MR) is 83.6 cm³/mol. The number of unbranched alkanes of at least 4 members (excludes halogenated alkanes) is 1. The molecule has 5 heteroatoms. The van der Waals surface area contributed by atoms with Crippen molar-refractivity contribution in [2.45, 2.75) is 26.7 Å². The third-order valence-electron chi connectivity index (χ3n) is 3.16. The molecule has 0 aliphatic heterocycles. The van der Waals surface area contributed by atoms with Crippen molar-refractivity contribution in [2.75, 3.05) is 6.61 Å². The Morgan fingerprint density at radius 3 is 2.64 bits per heavy atom. The Labute approximate surface area is 129 Å². The number of rotatable bonds is 5. The van der Waals surface area contributed by atoms with Crippen molar-refractivity contribution in [3.05, 3.63) is 42.0 Å². The first-order valence-corrected chi connectivity index (χ1v) is 7.25. The summed E-state index contributed by atoms with van der Waals surface area (Å²) in [5, 5.41) is 1.84. The second-order valence-electron chi connectivity index (χ2n) is 4.89. The van der Waals surface area contributed by atoms with Gasteiger partial charge in [-0.15, -0.1) is 0 Å². The average molecular weight is 301 g/mol. The molecule has 5 nitrogen and oxygen atoms in total. The highest BCUT2D eigenvalue weighted by molar-refractivity contribution is 6.03. The molecule has 116 valence electrons. The van der Waals surface area contributed by atoms with Crippen molar-refractivity contribution in [1.29, 1.82) is 0 Å². The maximum Gasteiger partial charge on any atom is 0.329 e. The molecule has 0 unspecified atom stereocenters. The van der Waals surface area contributed by atoms with E-state index in [4.69, 9.17) is 4.74 Å². The van der Waals surface area contributed by atoms with Crippen LogP contribution in [0.25, 0.3) is 10.8 Å². The fourth-order valence-electron chi connectivity index (χ4n) is 2.07. The number of fused-ring (bicyclic) bond motifs is 1. The molecule has 1 amide bonds. The van der Waals surface area contributed by atoms with Crippen LogP contribution < -0.4 is 10.2 Å². The molecule has 22 heavy (non-hydrogen) atoms. The number of benzene rings is 2. The SMILES string of the molecule is CCCCOc1c(C(=O)NOC(C)=O)ccc2ccccc12. The van der Waals surface area contributed by atoms with Crippen LogP contribution in [0.15, 0.2) is 36.4 Å². The maximum absolute atomic E-state index is 12.2. The lowest BCUT2D eigenvalue weighted by Crippen LogP contribution is -2.26. The van der Waals surface area contributed by atoms with E-state index in [1.54, 1.807) is 6.07 Å². The van der Waals surface area contributed by atoms with Gasteiger partial charge in [0.05, 0.1) is 12.2 Å². The van der Waals surface area contributed by atoms with Gasteiger partial charge < -0.3 is 9.57 Å². The minimum absolute atomic E-state index is 0.344. The van der Waals surface area contributed by atoms with Gasteiger partial charge in [-0.3, -0.25) is 9.59 Å². The summed E-state index contributed by atoms with van der Waals surface area (Å²) in [6.07, 6.45) is 1.90. The number of carbonyl (C=O) groups is 2. The smallest absolute Gasteiger partial charge is 0.329 e. The summed E-state index contributed by atoms with van der Waals surface area (Å²) < 4.78 is 5.82. The van der Waals surface area contributed by atoms with Crippen LogP contribution in [0, 0.1) is 0 Å². The number of hydroxylamine groups is 1. The van der Waals surface area contributed by atoms with Gasteiger partial charge in [0.15, 0.2) is 0 Å². The predicted octanol–water partition coefficient (Wildman–Crippen LogP) is 3.23. The highest BCUT2D eigenvalue weighted by Crippen LogP contribution is 2.30. The largest absolute Gasteiger partial charge is 0.492 e. The van der Waals surface area contributed by atoms with E-state index in [0.29, 0.717) is 17.9 Å². The molecule has 0 fully saturated rings. The fraction of sp³-hybridized carbons (Fsp3) is 0.294. The van der Waals surface area contributed by atoms with Crippen LogP contribution >= 0.6 is 0 Å². The third kappa shape index (κ3) is 3.75. The van der Waals surface area contributed by atoms with Crippen LogP contribution in [0.5, 0.6) is 5.75 Å². The monoisotopic (exact) mass is 301 g/mol. The number of amides is 1. The Balaban J connectivity index is 2.36. The summed E-state index contributed by atoms with van der Waals surface area (Å²) >= 11 is 0. The lowest BCUT2D eigenvalue weighted by atomic mass is 10.0. The molecular weight excluding hydrogens is 282 g/mol. The maximum atomic E-state index is 12.2. The van der Waals surface area contributed by atoms with Crippen molar-refractivity contribution >= 4 is 22.6 Å². The summed E-state index contributed by atoms with van der Waals surface area (Å²) in [6.45, 7) is 3.82. The number of carbonyl (C=O) groups excluding carboxylic acids is 2. The number of ether oxygens (including phenoxy) is 1. The van der Waals surface area contributed by atoms with Gasteiger partial charge in [-0.2, -0.15) is 5.48 Å². The van der Waals surface area contributed by atoms with Gasteiger partial charge in [-0.1, -0.05) is 43.7 Å². The van der Waals surface area contributed by atoms with Crippen LogP contribution in [-0.4, -0.2) is 18.5 Å². The summed E-state index contributed by atoms with van der Waals surface area (Å²) in [7, 11) is 0. The molecular formula is C17H19NO4. The molecule has 0 saturated carbocycles. The van der Waals surface area contributed by atoms with Gasteiger partial charge in [-0.25, -0.2) is 0 Å². The lowest BCUT2D eigenvalue weighted by molar-refractivity contribution is -0.146. The molecule has 0 aliphatic rings. The van der Waals surface area contributed by atoms with Crippen molar-refractivity contribution < 1.29 is 19.2 Å². The third-order valence-corrected chi connectivity index (χ3v) is 3.16. The molecule has 0 heterocycles. The Bertz CT molecular complexity index is 681. The molecule has 0 bridgehead atoms. The topological polar surface area (TPSA) is 64.6 Å². The van der Waals surface area contributed by atoms with E-state index in [1.165, 1.54) is 6.92 Å². The van der Waals surface area contributed by atoms with Gasteiger partial charge in [0, 0.05) is 12.3 Å². The zero-order chi connectivity index (χ0) is 15.9. The molecule has 0 radical (unpaired) electrons. The van der Waals surface area contributed by atoms with E-state index >= 15 is 0 Å². The Morgan fingerprint density at radius 1 is 1.14 bits per heavy atom. The number of nitrogens with one attached hydrogen (secondary N) is 1. The van der Waals surface area contributed by atoms with Crippen LogP contribution in [-0.2, 0) is 9.63 Å². The van der Waals surface area contributed by atoms with Gasteiger partial charge in [0.2, 0.25) is 0 Å². The second-order valence-corrected chi connectivity index (χ2v) is 4.89. The molecule has 0 aliphatic carbocycles. The van der Waals surface area contributed by atoms with E-state index in [1.807, 2.05) is 30.3 Å². The fourth-order valence-corrected chi connectivity index (χ4v) is 2.07. The molecule has 1 N–H and O–H groups in total. The van der Waals surface area contributed by atoms with Crippen LogP contribution in [0.2, 0.25) is 0 Å². The molecule has 0 atom stereocenters. The van der Waals surface area contributed by atoms with Crippen LogP contribution in [0.1, 0.15) is 37.0 Å². The normalized spacial score (nSPS) is 10.3. The Morgan fingerprint density at radius 2 is 1.91 bits per heavy atom. The summed E-state index contributed by atoms with van der Waals surface area (Å²) in [5.41, 5.74) is 2.47. The van der Waals surface area contributed by atoms with Crippen LogP contribution in [0.4, 0.5) is 0 Å². The molecule has 2 rings (SSSR count). The van der Waals surface area contributed by atoms with E-state index in [2.05, 4.69) is 17.2 Å². The quantitative estimate of drug-likeness (QED) is 0.680. The first-order valence-electron chi connectivity index (χ1n) is 7.25. The summed E-state index contributed by atoms with van der Waals surface area (Å²) in [6, 6.07) is 11.2. The number of hydrogen-bond donors (Lipinski definition) is 1. The van der Waals surface area contributed by atoms with Crippen molar-refractivity contribution in [3.8, 4) is 5.75 Å². The molecule has 2 aromatic rings. The van der Waals surface area contributed by atoms with Gasteiger partial charge >= 0.3 is 5.97 Å². The van der Waals surface area contributed by atoms with E-state index in [-0.39, 0.29) is 0 Å². The Kier molecular flexibility index (Phi) is 5.36. The van der Waals surface area contributed by atoms with Crippen molar-refractivity contribution in [3.63, 3.8) is 0 Å². The first kappa shape index (κ1) is 15.8. The average Bonchev–Trinajstić information content (AvgIpc) is 2.52. The number of hydrogen-bond acceptors (Lipinski definition) is 4. The minimum atomic E-state index is -0.581. The van der Waals surface area contributed by atoms with Crippen molar-refractivity contribution in [2.24, 2.45) is 0 Å². The second kappa shape index (κ2) is 7.45. The van der Waals surface area contributed by atoms with Crippen LogP contribution in [0.3, 0.4) is 0 Å². The van der Waals surface area contributed by atoms with Crippen molar-refractivity contribution in [1.82, 2.24) is 5.48 Å². The lowest BCUT2D eigenvalue weighted by Gasteiger charge is -2.14. The molecule has 0 aromatic heterocycles. The first-order chi connectivity index (χ1) is 10.6. The van der Waals surface area contributed by atoms with Gasteiger partial charge in [-0.05, 0) is 17.9 Å². The molecule has 0 saturated heterocycles. The van der Waals surface area contributed by atoms with E-state index in [9.17, 15) is 9.59 Å². The minimum Gasteiger partial charge on any atom is -0.492 e. The van der Waals surface area contributed by atoms with E-state index in [0.717, 1.165) is 23.6 Å². The summed E-state index contributed by atoms with van der Waals surface area (Å²) in [5.74, 6) is -0.578. The standard InChI is InChI=1S/C17H19NO4/c1-3-4-11-21-16-14-8-6-5-7-13(14)9-10-15(16)17(20)18-22-12(2)19/h5-10H,3-4,11H2,1-2H3,(H,18,20). The molecule has 0 spiro atoms. The van der Waals surface area contributed by atoms with E-state index < -0.39 is 11.9 Å². The zero-order valence-corrected chi connectivity index (χ0v) is 12.7. The highest BCUT2D eigenvalue weighted by Gasteiger charge is 2.16. The highest BCUT2D eigenvalue weighted by atomic mass is 16.7. The summed E-state index contributed by atoms with van der Waals surface area (Å²) in [4.78, 5) is 27.6. The zero-order valence-electron chi connectivity index (χ0n) is 12.7. The Hall–Kier alpha value is -2.56.